The van der Waals surface area contributed by atoms with E-state index < -0.39 is 0 Å². The number of benzene rings is 1. The molecule has 1 fully saturated rings. The number of anilines is 4. The van der Waals surface area contributed by atoms with Gasteiger partial charge in [0.15, 0.2) is 0 Å². The minimum absolute atomic E-state index is 0.618. The Morgan fingerprint density at radius 1 is 1.12 bits per heavy atom. The Balaban J connectivity index is 1.68. The maximum atomic E-state index is 5.40. The normalized spacial score (nSPS) is 14.5. The summed E-state index contributed by atoms with van der Waals surface area (Å²) < 4.78 is 5.40. The van der Waals surface area contributed by atoms with Crippen LogP contribution in [-0.4, -0.2) is 42.8 Å². The Labute approximate surface area is 143 Å². The average Bonchev–Trinajstić information content (AvgIpc) is 2.61. The van der Waals surface area contributed by atoms with Gasteiger partial charge in [-0.1, -0.05) is 6.92 Å². The van der Waals surface area contributed by atoms with Gasteiger partial charge in [0, 0.05) is 42.8 Å². The molecule has 3 rings (SSSR count). The first kappa shape index (κ1) is 16.5. The molecule has 1 aliphatic heterocycles. The molecule has 0 aliphatic carbocycles. The quantitative estimate of drug-likeness (QED) is 0.850. The maximum Gasteiger partial charge on any atom is 0.229 e. The molecule has 6 heteroatoms. The van der Waals surface area contributed by atoms with E-state index in [1.54, 1.807) is 0 Å². The molecule has 0 unspecified atom stereocenters. The highest BCUT2D eigenvalue weighted by Crippen LogP contribution is 2.21. The number of ether oxygens (including phenoxy) is 1. The molecule has 0 saturated carbocycles. The van der Waals surface area contributed by atoms with E-state index in [-0.39, 0.29) is 0 Å². The highest BCUT2D eigenvalue weighted by Gasteiger charge is 2.11. The zero-order valence-corrected chi connectivity index (χ0v) is 14.4. The molecular formula is C18H25N5O. The highest BCUT2D eigenvalue weighted by molar-refractivity contribution is 5.60. The monoisotopic (exact) mass is 327 g/mol. The van der Waals surface area contributed by atoms with Crippen LogP contribution >= 0.6 is 0 Å². The first-order valence-corrected chi connectivity index (χ1v) is 8.54. The van der Waals surface area contributed by atoms with Gasteiger partial charge in [-0.05, 0) is 37.6 Å². The molecule has 6 nitrogen and oxygen atoms in total. The van der Waals surface area contributed by atoms with Crippen LogP contribution in [0.1, 0.15) is 19.0 Å². The number of rotatable bonds is 6. The van der Waals surface area contributed by atoms with Crippen molar-refractivity contribution in [3.05, 3.63) is 36.0 Å². The molecule has 2 heterocycles. The van der Waals surface area contributed by atoms with Gasteiger partial charge in [-0.3, -0.25) is 0 Å². The smallest absolute Gasteiger partial charge is 0.229 e. The van der Waals surface area contributed by atoms with Crippen LogP contribution in [0, 0.1) is 6.92 Å². The summed E-state index contributed by atoms with van der Waals surface area (Å²) in [5.41, 5.74) is 3.15. The molecule has 24 heavy (non-hydrogen) atoms. The molecule has 1 aliphatic rings. The summed E-state index contributed by atoms with van der Waals surface area (Å²) in [6.45, 7) is 8.50. The van der Waals surface area contributed by atoms with Crippen LogP contribution in [0.5, 0.6) is 0 Å². The molecule has 2 N–H and O–H groups in total. The second-order valence-electron chi connectivity index (χ2n) is 5.92. The fourth-order valence-electron chi connectivity index (χ4n) is 2.67. The van der Waals surface area contributed by atoms with E-state index in [0.717, 1.165) is 56.5 Å². The van der Waals surface area contributed by atoms with Crippen molar-refractivity contribution in [2.75, 3.05) is 48.4 Å². The van der Waals surface area contributed by atoms with Gasteiger partial charge >= 0.3 is 0 Å². The third kappa shape index (κ3) is 4.35. The molecule has 1 saturated heterocycles. The molecule has 2 aromatic rings. The van der Waals surface area contributed by atoms with Crippen LogP contribution in [0.4, 0.5) is 23.1 Å². The average molecular weight is 327 g/mol. The number of hydrogen-bond acceptors (Lipinski definition) is 6. The number of nitrogens with zero attached hydrogens (tertiary/aromatic N) is 3. The fraction of sp³-hybridized carbons (Fsp3) is 0.444. The zero-order chi connectivity index (χ0) is 16.8. The Bertz CT molecular complexity index is 653. The number of aryl methyl sites for hydroxylation is 1. The Morgan fingerprint density at radius 3 is 2.58 bits per heavy atom. The van der Waals surface area contributed by atoms with Gasteiger partial charge in [0.25, 0.3) is 0 Å². The largest absolute Gasteiger partial charge is 0.378 e. The Morgan fingerprint density at radius 2 is 1.88 bits per heavy atom. The molecule has 0 radical (unpaired) electrons. The number of morpholine rings is 1. The minimum Gasteiger partial charge on any atom is -0.378 e. The highest BCUT2D eigenvalue weighted by atomic mass is 16.5. The van der Waals surface area contributed by atoms with Crippen molar-refractivity contribution in [1.82, 2.24) is 9.97 Å². The summed E-state index contributed by atoms with van der Waals surface area (Å²) in [4.78, 5) is 11.3. The lowest BCUT2D eigenvalue weighted by atomic mass is 10.2. The van der Waals surface area contributed by atoms with Gasteiger partial charge < -0.3 is 20.3 Å². The van der Waals surface area contributed by atoms with Gasteiger partial charge in [0.2, 0.25) is 5.95 Å². The molecule has 0 atom stereocenters. The molecule has 0 spiro atoms. The first-order chi connectivity index (χ1) is 11.7. The Kier molecular flexibility index (Phi) is 5.48. The van der Waals surface area contributed by atoms with Gasteiger partial charge in [-0.25, -0.2) is 4.98 Å². The fourth-order valence-corrected chi connectivity index (χ4v) is 2.67. The van der Waals surface area contributed by atoms with Crippen molar-refractivity contribution in [3.63, 3.8) is 0 Å². The zero-order valence-electron chi connectivity index (χ0n) is 14.4. The third-order valence-corrected chi connectivity index (χ3v) is 3.91. The first-order valence-electron chi connectivity index (χ1n) is 8.54. The summed E-state index contributed by atoms with van der Waals surface area (Å²) in [6.07, 6.45) is 1.06. The summed E-state index contributed by atoms with van der Waals surface area (Å²) in [5.74, 6) is 1.48. The SMILES string of the molecule is CCCNc1cc(C)nc(Nc2ccc(N3CCOCC3)cc2)n1. The standard InChI is InChI=1S/C18H25N5O/c1-3-8-19-17-13-14(2)20-18(22-17)21-15-4-6-16(7-5-15)23-9-11-24-12-10-23/h4-7,13H,3,8-12H2,1-2H3,(H2,19,20,21,22). The molecule has 1 aromatic carbocycles. The summed E-state index contributed by atoms with van der Waals surface area (Å²) in [5, 5.41) is 6.59. The van der Waals surface area contributed by atoms with Crippen molar-refractivity contribution >= 4 is 23.1 Å². The van der Waals surface area contributed by atoms with E-state index >= 15 is 0 Å². The lowest BCUT2D eigenvalue weighted by Crippen LogP contribution is -2.36. The number of hydrogen-bond donors (Lipinski definition) is 2. The minimum atomic E-state index is 0.618. The lowest BCUT2D eigenvalue weighted by molar-refractivity contribution is 0.122. The van der Waals surface area contributed by atoms with Crippen molar-refractivity contribution in [2.24, 2.45) is 0 Å². The van der Waals surface area contributed by atoms with E-state index in [0.29, 0.717) is 5.95 Å². The topological polar surface area (TPSA) is 62.3 Å². The van der Waals surface area contributed by atoms with E-state index in [4.69, 9.17) is 4.74 Å². The molecule has 0 bridgehead atoms. The van der Waals surface area contributed by atoms with Crippen LogP contribution in [0.2, 0.25) is 0 Å². The second kappa shape index (κ2) is 7.97. The number of nitrogens with one attached hydrogen (secondary N) is 2. The van der Waals surface area contributed by atoms with Gasteiger partial charge in [-0.15, -0.1) is 0 Å². The summed E-state index contributed by atoms with van der Waals surface area (Å²) in [7, 11) is 0. The maximum absolute atomic E-state index is 5.40. The van der Waals surface area contributed by atoms with Crippen LogP contribution in [0.15, 0.2) is 30.3 Å². The van der Waals surface area contributed by atoms with E-state index in [1.807, 2.05) is 13.0 Å². The van der Waals surface area contributed by atoms with Crippen molar-refractivity contribution in [3.8, 4) is 0 Å². The molecule has 1 aromatic heterocycles. The molecular weight excluding hydrogens is 302 g/mol. The van der Waals surface area contributed by atoms with Gasteiger partial charge in [-0.2, -0.15) is 4.98 Å². The number of aromatic nitrogens is 2. The van der Waals surface area contributed by atoms with Crippen LogP contribution in [0.3, 0.4) is 0 Å². The van der Waals surface area contributed by atoms with Crippen molar-refractivity contribution < 1.29 is 4.74 Å². The van der Waals surface area contributed by atoms with Crippen molar-refractivity contribution in [1.29, 1.82) is 0 Å². The lowest BCUT2D eigenvalue weighted by Gasteiger charge is -2.28. The van der Waals surface area contributed by atoms with Crippen molar-refractivity contribution in [2.45, 2.75) is 20.3 Å². The van der Waals surface area contributed by atoms with Crippen LogP contribution < -0.4 is 15.5 Å². The summed E-state index contributed by atoms with van der Waals surface area (Å²) >= 11 is 0. The van der Waals surface area contributed by atoms with Gasteiger partial charge in [0.05, 0.1) is 13.2 Å². The van der Waals surface area contributed by atoms with E-state index in [2.05, 4.69) is 56.7 Å². The van der Waals surface area contributed by atoms with Gasteiger partial charge in [0.1, 0.15) is 5.82 Å². The molecule has 128 valence electrons. The Hall–Kier alpha value is -2.34. The summed E-state index contributed by atoms with van der Waals surface area (Å²) in [6, 6.07) is 10.3. The van der Waals surface area contributed by atoms with Crippen LogP contribution in [-0.2, 0) is 4.74 Å². The predicted octanol–water partition coefficient (Wildman–Crippen LogP) is 3.19. The molecule has 0 amide bonds. The van der Waals surface area contributed by atoms with Crippen LogP contribution in [0.25, 0.3) is 0 Å². The van der Waals surface area contributed by atoms with E-state index in [9.17, 15) is 0 Å². The van der Waals surface area contributed by atoms with E-state index in [1.165, 1.54) is 5.69 Å². The third-order valence-electron chi connectivity index (χ3n) is 3.91. The predicted molar refractivity (Wildman–Crippen MR) is 98.3 cm³/mol. The second-order valence-corrected chi connectivity index (χ2v) is 5.92.